The van der Waals surface area contributed by atoms with E-state index in [0.717, 1.165) is 22.0 Å². The predicted molar refractivity (Wildman–Crippen MR) is 88.9 cm³/mol. The highest BCUT2D eigenvalue weighted by molar-refractivity contribution is 7.13. The minimum absolute atomic E-state index is 0.0402. The van der Waals surface area contributed by atoms with Crippen molar-refractivity contribution in [2.24, 2.45) is 0 Å². The molecular weight excluding hydrogens is 306 g/mol. The Morgan fingerprint density at radius 2 is 2.14 bits per heavy atom. The molecule has 6 heteroatoms. The first kappa shape index (κ1) is 15.9. The maximum absolute atomic E-state index is 12.2. The lowest BCUT2D eigenvalue weighted by Gasteiger charge is -2.19. The number of nitrogens with one attached hydrogen (secondary N) is 1. The number of aromatic nitrogens is 1. The number of likely N-dealkylation sites (N-methyl/N-ethyl adjacent to an activating group) is 1. The zero-order valence-electron chi connectivity index (χ0n) is 12.3. The van der Waals surface area contributed by atoms with E-state index in [4.69, 9.17) is 11.6 Å². The van der Waals surface area contributed by atoms with Crippen LogP contribution < -0.4 is 5.32 Å². The van der Waals surface area contributed by atoms with E-state index in [1.807, 2.05) is 55.6 Å². The van der Waals surface area contributed by atoms with Crippen LogP contribution in [0.4, 0.5) is 5.69 Å². The van der Waals surface area contributed by atoms with E-state index in [0.29, 0.717) is 5.88 Å². The molecular formula is C15H18ClN3OS. The summed E-state index contributed by atoms with van der Waals surface area (Å²) < 4.78 is 0. The number of carbonyl (C=O) groups excluding carboxylic acids is 1. The summed E-state index contributed by atoms with van der Waals surface area (Å²) in [5.41, 5.74) is 2.53. The van der Waals surface area contributed by atoms with Gasteiger partial charge in [0.05, 0.1) is 23.3 Å². The minimum Gasteiger partial charge on any atom is -0.324 e. The molecule has 2 aromatic rings. The molecule has 0 radical (unpaired) electrons. The van der Waals surface area contributed by atoms with Crippen molar-refractivity contribution in [3.05, 3.63) is 35.3 Å². The number of amides is 1. The average Bonchev–Trinajstić information content (AvgIpc) is 2.95. The molecule has 0 bridgehead atoms. The summed E-state index contributed by atoms with van der Waals surface area (Å²) in [6, 6.07) is 7.47. The third-order valence-corrected chi connectivity index (χ3v) is 4.46. The van der Waals surface area contributed by atoms with Crippen LogP contribution in [0.25, 0.3) is 10.6 Å². The SMILES string of the molecule is CC(C(=O)Nc1ccccc1-c1nc(CCl)cs1)N(C)C. The summed E-state index contributed by atoms with van der Waals surface area (Å²) in [6.45, 7) is 1.87. The molecule has 1 heterocycles. The van der Waals surface area contributed by atoms with Crippen molar-refractivity contribution in [3.8, 4) is 10.6 Å². The van der Waals surface area contributed by atoms with Gasteiger partial charge < -0.3 is 5.32 Å². The molecule has 1 aromatic heterocycles. The van der Waals surface area contributed by atoms with Crippen LogP contribution in [0.3, 0.4) is 0 Å². The standard InChI is InChI=1S/C15H18ClN3OS/c1-10(19(2)3)14(20)18-13-7-5-4-6-12(13)15-17-11(8-16)9-21-15/h4-7,9-10H,8H2,1-3H3,(H,18,20). The largest absolute Gasteiger partial charge is 0.324 e. The van der Waals surface area contributed by atoms with Crippen molar-refractivity contribution in [2.45, 2.75) is 18.8 Å². The quantitative estimate of drug-likeness (QED) is 0.857. The van der Waals surface area contributed by atoms with E-state index < -0.39 is 0 Å². The molecule has 0 aliphatic carbocycles. The van der Waals surface area contributed by atoms with Crippen LogP contribution in [-0.4, -0.2) is 35.9 Å². The number of thiazole rings is 1. The highest BCUT2D eigenvalue weighted by atomic mass is 35.5. The second kappa shape index (κ2) is 7.02. The van der Waals surface area contributed by atoms with Gasteiger partial charge in [-0.3, -0.25) is 9.69 Å². The highest BCUT2D eigenvalue weighted by Gasteiger charge is 2.17. The number of para-hydroxylation sites is 1. The van der Waals surface area contributed by atoms with Gasteiger partial charge in [0.15, 0.2) is 0 Å². The van der Waals surface area contributed by atoms with E-state index in [9.17, 15) is 4.79 Å². The van der Waals surface area contributed by atoms with E-state index in [1.165, 1.54) is 11.3 Å². The maximum atomic E-state index is 12.2. The lowest BCUT2D eigenvalue weighted by atomic mass is 10.1. The zero-order valence-corrected chi connectivity index (χ0v) is 13.8. The molecule has 0 aliphatic heterocycles. The van der Waals surface area contributed by atoms with Crippen LogP contribution >= 0.6 is 22.9 Å². The van der Waals surface area contributed by atoms with E-state index in [-0.39, 0.29) is 11.9 Å². The molecule has 0 aliphatic rings. The summed E-state index contributed by atoms with van der Waals surface area (Å²) in [6.07, 6.45) is 0. The molecule has 0 fully saturated rings. The lowest BCUT2D eigenvalue weighted by Crippen LogP contribution is -2.37. The van der Waals surface area contributed by atoms with Gasteiger partial charge in [0.25, 0.3) is 0 Å². The van der Waals surface area contributed by atoms with Gasteiger partial charge in [0, 0.05) is 10.9 Å². The Balaban J connectivity index is 2.27. The Morgan fingerprint density at radius 3 is 2.76 bits per heavy atom. The summed E-state index contributed by atoms with van der Waals surface area (Å²) >= 11 is 7.32. The van der Waals surface area contributed by atoms with Gasteiger partial charge in [0.2, 0.25) is 5.91 Å². The lowest BCUT2D eigenvalue weighted by molar-refractivity contribution is -0.119. The number of alkyl halides is 1. The minimum atomic E-state index is -0.201. The van der Waals surface area contributed by atoms with Gasteiger partial charge in [-0.05, 0) is 33.2 Å². The van der Waals surface area contributed by atoms with E-state index in [2.05, 4.69) is 10.3 Å². The van der Waals surface area contributed by atoms with Crippen LogP contribution in [0.15, 0.2) is 29.6 Å². The summed E-state index contributed by atoms with van der Waals surface area (Å²) in [5, 5.41) is 5.76. The van der Waals surface area contributed by atoms with Gasteiger partial charge in [0.1, 0.15) is 5.01 Å². The summed E-state index contributed by atoms with van der Waals surface area (Å²) in [5.74, 6) is 0.351. The molecule has 0 saturated heterocycles. The highest BCUT2D eigenvalue weighted by Crippen LogP contribution is 2.31. The van der Waals surface area contributed by atoms with Gasteiger partial charge in [-0.25, -0.2) is 4.98 Å². The van der Waals surface area contributed by atoms with Crippen LogP contribution in [0, 0.1) is 0 Å². The molecule has 0 spiro atoms. The van der Waals surface area contributed by atoms with Crippen molar-refractivity contribution >= 4 is 34.5 Å². The molecule has 1 unspecified atom stereocenters. The van der Waals surface area contributed by atoms with E-state index >= 15 is 0 Å². The maximum Gasteiger partial charge on any atom is 0.241 e. The van der Waals surface area contributed by atoms with Gasteiger partial charge in [-0.15, -0.1) is 22.9 Å². The first-order valence-electron chi connectivity index (χ1n) is 6.60. The van der Waals surface area contributed by atoms with Crippen molar-refractivity contribution < 1.29 is 4.79 Å². The molecule has 2 rings (SSSR count). The topological polar surface area (TPSA) is 45.2 Å². The van der Waals surface area contributed by atoms with Crippen molar-refractivity contribution in [2.75, 3.05) is 19.4 Å². The van der Waals surface area contributed by atoms with Crippen molar-refractivity contribution in [1.29, 1.82) is 0 Å². The van der Waals surface area contributed by atoms with E-state index in [1.54, 1.807) is 0 Å². The van der Waals surface area contributed by atoms with Crippen LogP contribution in [0.2, 0.25) is 0 Å². The van der Waals surface area contributed by atoms with Crippen LogP contribution in [0.5, 0.6) is 0 Å². The number of rotatable bonds is 5. The van der Waals surface area contributed by atoms with Crippen LogP contribution in [-0.2, 0) is 10.7 Å². The number of halogens is 1. The number of anilines is 1. The van der Waals surface area contributed by atoms with Crippen molar-refractivity contribution in [1.82, 2.24) is 9.88 Å². The number of nitrogens with zero attached hydrogens (tertiary/aromatic N) is 2. The van der Waals surface area contributed by atoms with Crippen LogP contribution in [0.1, 0.15) is 12.6 Å². The van der Waals surface area contributed by atoms with Gasteiger partial charge in [-0.1, -0.05) is 12.1 Å². The van der Waals surface area contributed by atoms with Gasteiger partial charge >= 0.3 is 0 Å². The molecule has 1 amide bonds. The monoisotopic (exact) mass is 323 g/mol. The first-order valence-corrected chi connectivity index (χ1v) is 8.01. The second-order valence-corrected chi connectivity index (χ2v) is 6.08. The second-order valence-electron chi connectivity index (χ2n) is 4.95. The average molecular weight is 324 g/mol. The first-order chi connectivity index (χ1) is 10.0. The summed E-state index contributed by atoms with van der Waals surface area (Å²) in [7, 11) is 3.76. The Hall–Kier alpha value is -1.43. The molecule has 1 aromatic carbocycles. The Bertz CT molecular complexity index is 627. The molecule has 4 nitrogen and oxygen atoms in total. The molecule has 0 saturated carbocycles. The number of carbonyl (C=O) groups is 1. The third kappa shape index (κ3) is 3.81. The fourth-order valence-corrected chi connectivity index (χ4v) is 2.83. The zero-order chi connectivity index (χ0) is 15.4. The smallest absolute Gasteiger partial charge is 0.241 e. The fourth-order valence-electron chi connectivity index (χ4n) is 1.74. The normalized spacial score (nSPS) is 12.4. The Kier molecular flexibility index (Phi) is 5.33. The third-order valence-electron chi connectivity index (χ3n) is 3.26. The molecule has 1 atom stereocenters. The van der Waals surface area contributed by atoms with Crippen molar-refractivity contribution in [3.63, 3.8) is 0 Å². The fraction of sp³-hybridized carbons (Fsp3) is 0.333. The number of hydrogen-bond acceptors (Lipinski definition) is 4. The number of benzene rings is 1. The summed E-state index contributed by atoms with van der Waals surface area (Å²) in [4.78, 5) is 18.5. The van der Waals surface area contributed by atoms with Gasteiger partial charge in [-0.2, -0.15) is 0 Å². The Morgan fingerprint density at radius 1 is 1.43 bits per heavy atom. The molecule has 21 heavy (non-hydrogen) atoms. The Labute approximate surface area is 133 Å². The molecule has 1 N–H and O–H groups in total. The predicted octanol–water partition coefficient (Wildman–Crippen LogP) is 3.44. The molecule has 112 valence electrons. The number of hydrogen-bond donors (Lipinski definition) is 1.